The number of aliphatic hydroxyl groups is 1. The van der Waals surface area contributed by atoms with Gasteiger partial charge in [0.15, 0.2) is 5.78 Å². The summed E-state index contributed by atoms with van der Waals surface area (Å²) in [5, 5.41) is 15.4. The number of hydrogen-bond donors (Lipinski definition) is 2. The molecule has 1 aliphatic carbocycles. The zero-order valence-corrected chi connectivity index (χ0v) is 16.8. The molecule has 1 aliphatic heterocycles. The average Bonchev–Trinajstić information content (AvgIpc) is 2.71. The number of ketones is 1. The molecule has 3 heteroatoms. The molecule has 0 saturated carbocycles. The van der Waals surface area contributed by atoms with Crippen molar-refractivity contribution in [2.24, 2.45) is 5.41 Å². The van der Waals surface area contributed by atoms with E-state index in [1.807, 2.05) is 12.1 Å². The summed E-state index contributed by atoms with van der Waals surface area (Å²) in [6.07, 6.45) is 1.43. The van der Waals surface area contributed by atoms with E-state index in [1.54, 1.807) is 0 Å². The molecule has 1 heterocycles. The van der Waals surface area contributed by atoms with Crippen molar-refractivity contribution in [2.45, 2.75) is 39.2 Å². The highest BCUT2D eigenvalue weighted by molar-refractivity contribution is 6.04. The van der Waals surface area contributed by atoms with Crippen molar-refractivity contribution < 1.29 is 9.90 Å². The highest BCUT2D eigenvalue weighted by Crippen LogP contribution is 2.50. The third-order valence-electron chi connectivity index (χ3n) is 6.25. The van der Waals surface area contributed by atoms with Crippen molar-refractivity contribution in [3.05, 3.63) is 88.6 Å². The maximum absolute atomic E-state index is 13.4. The summed E-state index contributed by atoms with van der Waals surface area (Å²) in [5.41, 5.74) is 6.17. The second kappa shape index (κ2) is 6.57. The third kappa shape index (κ3) is 2.97. The molecule has 2 N–H and O–H groups in total. The molecule has 0 aromatic heterocycles. The van der Waals surface area contributed by atoms with Gasteiger partial charge in [0, 0.05) is 29.3 Å². The molecule has 0 fully saturated rings. The first kappa shape index (κ1) is 18.1. The van der Waals surface area contributed by atoms with Crippen molar-refractivity contribution in [3.63, 3.8) is 0 Å². The lowest BCUT2D eigenvalue weighted by molar-refractivity contribution is -0.118. The maximum atomic E-state index is 13.4. The van der Waals surface area contributed by atoms with Gasteiger partial charge in [-0.1, -0.05) is 68.4 Å². The van der Waals surface area contributed by atoms with Crippen LogP contribution in [0.2, 0.25) is 0 Å². The van der Waals surface area contributed by atoms with Crippen LogP contribution in [0.5, 0.6) is 0 Å². The second-order valence-corrected chi connectivity index (χ2v) is 9.04. The Morgan fingerprint density at radius 2 is 1.76 bits per heavy atom. The minimum absolute atomic E-state index is 0.0209. The number of aliphatic hydroxyl groups excluding tert-OH is 1. The Balaban J connectivity index is 1.79. The molecule has 0 radical (unpaired) electrons. The quantitative estimate of drug-likeness (QED) is 0.611. The summed E-state index contributed by atoms with van der Waals surface area (Å²) in [4.78, 5) is 13.4. The average molecular weight is 383 g/mol. The van der Waals surface area contributed by atoms with Crippen LogP contribution in [0.4, 0.5) is 5.69 Å². The lowest BCUT2D eigenvalue weighted by Gasteiger charge is -2.40. The highest BCUT2D eigenvalue weighted by Gasteiger charge is 2.41. The number of carbonyl (C=O) groups is 1. The molecule has 3 aromatic rings. The van der Waals surface area contributed by atoms with Crippen molar-refractivity contribution in [3.8, 4) is 0 Å². The highest BCUT2D eigenvalue weighted by atomic mass is 16.3. The third-order valence-corrected chi connectivity index (χ3v) is 6.25. The molecule has 5 rings (SSSR count). The first-order chi connectivity index (χ1) is 14.0. The summed E-state index contributed by atoms with van der Waals surface area (Å²) < 4.78 is 0. The predicted molar refractivity (Wildman–Crippen MR) is 117 cm³/mol. The molecule has 3 nitrogen and oxygen atoms in total. The predicted octanol–water partition coefficient (Wildman–Crippen LogP) is 5.53. The molecule has 146 valence electrons. The fourth-order valence-corrected chi connectivity index (χ4v) is 4.95. The van der Waals surface area contributed by atoms with Crippen LogP contribution in [0, 0.1) is 5.41 Å². The van der Waals surface area contributed by atoms with E-state index in [1.165, 1.54) is 16.3 Å². The van der Waals surface area contributed by atoms with E-state index < -0.39 is 0 Å². The van der Waals surface area contributed by atoms with Crippen molar-refractivity contribution in [2.75, 3.05) is 5.32 Å². The van der Waals surface area contributed by atoms with Gasteiger partial charge in [0.1, 0.15) is 0 Å². The standard InChI is InChI=1S/C26H25NO2/c1-26(2)13-21-25(22(29)14-26)23(18-9-7-16(15-28)8-10-18)24-19-6-4-3-5-17(19)11-12-20(24)27-21/h3-12,23,27-28H,13-15H2,1-2H3. The van der Waals surface area contributed by atoms with Gasteiger partial charge in [0.05, 0.1) is 6.61 Å². The Morgan fingerprint density at radius 1 is 1.00 bits per heavy atom. The molecular weight excluding hydrogens is 358 g/mol. The molecule has 29 heavy (non-hydrogen) atoms. The summed E-state index contributed by atoms with van der Waals surface area (Å²) in [6, 6.07) is 20.7. The van der Waals surface area contributed by atoms with Crippen LogP contribution >= 0.6 is 0 Å². The van der Waals surface area contributed by atoms with Gasteiger partial charge in [0.25, 0.3) is 0 Å². The monoisotopic (exact) mass is 383 g/mol. The van der Waals surface area contributed by atoms with E-state index in [0.717, 1.165) is 34.5 Å². The van der Waals surface area contributed by atoms with Crippen LogP contribution < -0.4 is 5.32 Å². The van der Waals surface area contributed by atoms with Gasteiger partial charge < -0.3 is 10.4 Å². The lowest BCUT2D eigenvalue weighted by Crippen LogP contribution is -2.33. The molecule has 1 unspecified atom stereocenters. The van der Waals surface area contributed by atoms with E-state index >= 15 is 0 Å². The van der Waals surface area contributed by atoms with Crippen molar-refractivity contribution in [1.29, 1.82) is 0 Å². The molecule has 1 atom stereocenters. The van der Waals surface area contributed by atoms with E-state index in [-0.39, 0.29) is 23.7 Å². The number of Topliss-reactive ketones (excluding diaryl/α,β-unsaturated/α-hetero) is 1. The van der Waals surface area contributed by atoms with Gasteiger partial charge in [-0.3, -0.25) is 4.79 Å². The van der Waals surface area contributed by atoms with Crippen LogP contribution in [-0.4, -0.2) is 10.9 Å². The number of allylic oxidation sites excluding steroid dienone is 2. The molecule has 2 aliphatic rings. The summed E-state index contributed by atoms with van der Waals surface area (Å²) in [7, 11) is 0. The van der Waals surface area contributed by atoms with Gasteiger partial charge >= 0.3 is 0 Å². The van der Waals surface area contributed by atoms with Crippen LogP contribution in [-0.2, 0) is 11.4 Å². The van der Waals surface area contributed by atoms with Crippen LogP contribution in [0.25, 0.3) is 10.8 Å². The molecule has 3 aromatic carbocycles. The largest absolute Gasteiger partial charge is 0.392 e. The number of rotatable bonds is 2. The van der Waals surface area contributed by atoms with Crippen molar-refractivity contribution >= 4 is 22.2 Å². The van der Waals surface area contributed by atoms with E-state index in [2.05, 4.69) is 67.7 Å². The number of nitrogens with one attached hydrogen (secondary N) is 1. The molecular formula is C26H25NO2. The maximum Gasteiger partial charge on any atom is 0.162 e. The summed E-state index contributed by atoms with van der Waals surface area (Å²) in [6.45, 7) is 4.35. The van der Waals surface area contributed by atoms with Gasteiger partial charge in [-0.25, -0.2) is 0 Å². The second-order valence-electron chi connectivity index (χ2n) is 9.04. The van der Waals surface area contributed by atoms with Crippen molar-refractivity contribution in [1.82, 2.24) is 0 Å². The van der Waals surface area contributed by atoms with Crippen LogP contribution in [0.1, 0.15) is 49.3 Å². The topological polar surface area (TPSA) is 49.3 Å². The fourth-order valence-electron chi connectivity index (χ4n) is 4.95. The molecule has 0 amide bonds. The normalized spacial score (nSPS) is 20.2. The molecule has 0 bridgehead atoms. The SMILES string of the molecule is CC1(C)CC(=O)C2=C(C1)Nc1ccc3ccccc3c1C2c1ccc(CO)cc1. The zero-order valence-electron chi connectivity index (χ0n) is 16.8. The zero-order chi connectivity index (χ0) is 20.2. The minimum atomic E-state index is -0.0938. The minimum Gasteiger partial charge on any atom is -0.392 e. The van der Waals surface area contributed by atoms with Gasteiger partial charge in [-0.2, -0.15) is 0 Å². The Bertz CT molecular complexity index is 1160. The molecule has 0 saturated heterocycles. The fraction of sp³-hybridized carbons (Fsp3) is 0.269. The smallest absolute Gasteiger partial charge is 0.162 e. The number of carbonyl (C=O) groups excluding carboxylic acids is 1. The lowest BCUT2D eigenvalue weighted by atomic mass is 9.68. The van der Waals surface area contributed by atoms with E-state index in [4.69, 9.17) is 0 Å². The Kier molecular flexibility index (Phi) is 4.11. The Hall–Kier alpha value is -2.91. The number of benzene rings is 3. The van der Waals surface area contributed by atoms with Gasteiger partial charge in [-0.15, -0.1) is 0 Å². The van der Waals surface area contributed by atoms with E-state index in [0.29, 0.717) is 6.42 Å². The first-order valence-corrected chi connectivity index (χ1v) is 10.2. The Labute approximate surface area is 171 Å². The van der Waals surface area contributed by atoms with Gasteiger partial charge in [-0.05, 0) is 45.4 Å². The Morgan fingerprint density at radius 3 is 2.52 bits per heavy atom. The number of anilines is 1. The summed E-state index contributed by atoms with van der Waals surface area (Å²) in [5.74, 6) is 0.141. The number of fused-ring (bicyclic) bond motifs is 3. The first-order valence-electron chi connectivity index (χ1n) is 10.2. The van der Waals surface area contributed by atoms with E-state index in [9.17, 15) is 9.90 Å². The number of hydrogen-bond acceptors (Lipinski definition) is 3. The van der Waals surface area contributed by atoms with Crippen LogP contribution in [0.3, 0.4) is 0 Å². The van der Waals surface area contributed by atoms with Crippen LogP contribution in [0.15, 0.2) is 71.9 Å². The molecule has 0 spiro atoms. The van der Waals surface area contributed by atoms with Gasteiger partial charge in [0.2, 0.25) is 0 Å². The summed E-state index contributed by atoms with van der Waals surface area (Å²) >= 11 is 0.